The van der Waals surface area contributed by atoms with Crippen LogP contribution in [0.1, 0.15) is 39.0 Å². The third-order valence-corrected chi connectivity index (χ3v) is 8.05. The number of hydrogen-bond donors (Lipinski definition) is 0. The third-order valence-electron chi connectivity index (χ3n) is 6.75. The highest BCUT2D eigenvalue weighted by molar-refractivity contribution is 7.88. The van der Waals surface area contributed by atoms with Gasteiger partial charge in [0, 0.05) is 52.4 Å². The molecule has 9 heteroatoms. The van der Waals surface area contributed by atoms with Crippen LogP contribution in [0.15, 0.2) is 0 Å². The van der Waals surface area contributed by atoms with Gasteiger partial charge in [0.25, 0.3) is 0 Å². The molecule has 0 aromatic rings. The fourth-order valence-corrected chi connectivity index (χ4v) is 6.11. The molecule has 0 N–H and O–H groups in total. The second kappa shape index (κ2) is 6.92. The van der Waals surface area contributed by atoms with Crippen molar-refractivity contribution >= 4 is 22.0 Å². The van der Waals surface area contributed by atoms with Gasteiger partial charge in [-0.2, -0.15) is 0 Å². The second-order valence-electron chi connectivity index (χ2n) is 8.56. The van der Waals surface area contributed by atoms with Crippen LogP contribution in [0.2, 0.25) is 0 Å². The summed E-state index contributed by atoms with van der Waals surface area (Å²) in [7, 11) is 0.307. The Hall–Kier alpha value is -1.35. The molecule has 3 aliphatic rings. The summed E-state index contributed by atoms with van der Waals surface area (Å²) in [4.78, 5) is 31.0. The number of sulfonamides is 1. The lowest BCUT2D eigenvalue weighted by atomic mass is 9.71. The minimum Gasteiger partial charge on any atom is -0.337 e. The van der Waals surface area contributed by atoms with Gasteiger partial charge in [-0.3, -0.25) is 4.79 Å². The Kier molecular flexibility index (Phi) is 5.22. The quantitative estimate of drug-likeness (QED) is 0.687. The van der Waals surface area contributed by atoms with Crippen LogP contribution < -0.4 is 0 Å². The van der Waals surface area contributed by atoms with Gasteiger partial charge in [-0.15, -0.1) is 0 Å². The molecule has 3 heterocycles. The molecule has 0 aromatic carbocycles. The number of amides is 3. The Bertz CT molecular complexity index is 705. The lowest BCUT2D eigenvalue weighted by molar-refractivity contribution is -0.140. The van der Waals surface area contributed by atoms with Crippen molar-refractivity contribution in [2.75, 3.05) is 53.1 Å². The number of hydrogen-bond acceptors (Lipinski definition) is 4. The summed E-state index contributed by atoms with van der Waals surface area (Å²) in [6.07, 6.45) is 4.82. The van der Waals surface area contributed by atoms with Crippen LogP contribution in [0.4, 0.5) is 4.79 Å². The summed E-state index contributed by atoms with van der Waals surface area (Å²) >= 11 is 0. The number of piperidine rings is 2. The van der Waals surface area contributed by atoms with Gasteiger partial charge in [0.05, 0.1) is 11.7 Å². The molecule has 3 fully saturated rings. The smallest absolute Gasteiger partial charge is 0.319 e. The molecular weight excluding hydrogens is 368 g/mol. The van der Waals surface area contributed by atoms with Crippen LogP contribution in [0.3, 0.4) is 0 Å². The van der Waals surface area contributed by atoms with Crippen molar-refractivity contribution in [3.63, 3.8) is 0 Å². The molecular formula is C18H32N4O4S. The van der Waals surface area contributed by atoms with Crippen molar-refractivity contribution < 1.29 is 18.0 Å². The molecule has 3 aliphatic heterocycles. The number of carbonyl (C=O) groups excluding carboxylic acids is 2. The maximum atomic E-state index is 13.4. The van der Waals surface area contributed by atoms with Crippen molar-refractivity contribution in [2.45, 2.75) is 44.6 Å². The van der Waals surface area contributed by atoms with Gasteiger partial charge in [-0.25, -0.2) is 17.5 Å². The number of nitrogens with zero attached hydrogens (tertiary/aromatic N) is 4. The minimum atomic E-state index is -3.19. The lowest BCUT2D eigenvalue weighted by Gasteiger charge is -2.44. The van der Waals surface area contributed by atoms with Gasteiger partial charge >= 0.3 is 6.03 Å². The van der Waals surface area contributed by atoms with E-state index < -0.39 is 15.4 Å². The molecule has 2 spiro atoms. The zero-order valence-electron chi connectivity index (χ0n) is 16.9. The van der Waals surface area contributed by atoms with Crippen LogP contribution in [-0.4, -0.2) is 98.0 Å². The first-order valence-corrected chi connectivity index (χ1v) is 11.6. The van der Waals surface area contributed by atoms with Crippen LogP contribution in [0, 0.1) is 5.41 Å². The third kappa shape index (κ3) is 3.44. The van der Waals surface area contributed by atoms with Crippen LogP contribution in [0.25, 0.3) is 0 Å². The predicted molar refractivity (Wildman–Crippen MR) is 103 cm³/mol. The summed E-state index contributed by atoms with van der Waals surface area (Å²) in [6, 6.07) is -0.00109. The summed E-state index contributed by atoms with van der Waals surface area (Å²) in [5, 5.41) is 0. The molecule has 3 amide bonds. The molecule has 0 aliphatic carbocycles. The highest BCUT2D eigenvalue weighted by Gasteiger charge is 2.60. The SMILES string of the molecule is CCN1C(=O)C2(CCN(C(=O)N(C)C)CC2)CC12CCN(S(C)(=O)=O)CC2. The topological polar surface area (TPSA) is 81.2 Å². The average Bonchev–Trinajstić information content (AvgIpc) is 2.82. The first kappa shape index (κ1) is 20.4. The zero-order chi connectivity index (χ0) is 20.0. The maximum absolute atomic E-state index is 13.4. The highest BCUT2D eigenvalue weighted by Crippen LogP contribution is 2.52. The molecule has 0 bridgehead atoms. The van der Waals surface area contributed by atoms with Gasteiger partial charge in [0.1, 0.15) is 0 Å². The van der Waals surface area contributed by atoms with E-state index in [0.717, 1.165) is 6.42 Å². The summed E-state index contributed by atoms with van der Waals surface area (Å²) < 4.78 is 25.2. The lowest BCUT2D eigenvalue weighted by Crippen LogP contribution is -2.53. The molecule has 0 saturated carbocycles. The molecule has 154 valence electrons. The van der Waals surface area contributed by atoms with E-state index in [4.69, 9.17) is 0 Å². The van der Waals surface area contributed by atoms with Gasteiger partial charge in [-0.05, 0) is 39.0 Å². The van der Waals surface area contributed by atoms with E-state index in [1.807, 2.05) is 16.7 Å². The molecule has 3 rings (SSSR count). The molecule has 0 aromatic heterocycles. The van der Waals surface area contributed by atoms with E-state index in [2.05, 4.69) is 0 Å². The number of rotatable bonds is 2. The Balaban J connectivity index is 1.76. The number of likely N-dealkylation sites (tertiary alicyclic amines) is 2. The Morgan fingerprint density at radius 3 is 2.07 bits per heavy atom. The fraction of sp³-hybridized carbons (Fsp3) is 0.889. The molecule has 8 nitrogen and oxygen atoms in total. The summed E-state index contributed by atoms with van der Waals surface area (Å²) in [5.41, 5.74) is -0.632. The Labute approximate surface area is 162 Å². The first-order valence-electron chi connectivity index (χ1n) is 9.78. The van der Waals surface area contributed by atoms with Gasteiger partial charge in [-0.1, -0.05) is 0 Å². The van der Waals surface area contributed by atoms with Crippen LogP contribution in [0.5, 0.6) is 0 Å². The summed E-state index contributed by atoms with van der Waals surface area (Å²) in [5.74, 6) is 0.203. The largest absolute Gasteiger partial charge is 0.337 e. The van der Waals surface area contributed by atoms with Gasteiger partial charge in [0.15, 0.2) is 0 Å². The normalized spacial score (nSPS) is 25.4. The van der Waals surface area contributed by atoms with E-state index in [1.165, 1.54) is 10.6 Å². The average molecular weight is 401 g/mol. The first-order chi connectivity index (χ1) is 12.5. The van der Waals surface area contributed by atoms with Gasteiger partial charge < -0.3 is 14.7 Å². The molecule has 0 unspecified atom stereocenters. The summed E-state index contributed by atoms with van der Waals surface area (Å²) in [6.45, 7) is 4.82. The highest BCUT2D eigenvalue weighted by atomic mass is 32.2. The van der Waals surface area contributed by atoms with Gasteiger partial charge in [0.2, 0.25) is 15.9 Å². The standard InChI is InChI=1S/C18H32N4O4S/c1-5-22-15(23)17(6-10-20(11-7-17)16(24)19(2)3)14-18(22)8-12-21(13-9-18)27(4,25)26/h5-14H2,1-4H3. The maximum Gasteiger partial charge on any atom is 0.319 e. The Morgan fingerprint density at radius 1 is 1.07 bits per heavy atom. The molecule has 3 saturated heterocycles. The molecule has 0 atom stereocenters. The van der Waals surface area contributed by atoms with E-state index in [0.29, 0.717) is 58.4 Å². The molecule has 27 heavy (non-hydrogen) atoms. The fourth-order valence-electron chi connectivity index (χ4n) is 5.26. The molecule has 0 radical (unpaired) electrons. The Morgan fingerprint density at radius 2 is 1.63 bits per heavy atom. The van der Waals surface area contributed by atoms with E-state index >= 15 is 0 Å². The van der Waals surface area contributed by atoms with E-state index in [9.17, 15) is 18.0 Å². The van der Waals surface area contributed by atoms with E-state index in [1.54, 1.807) is 19.0 Å². The number of urea groups is 1. The zero-order valence-corrected chi connectivity index (χ0v) is 17.7. The van der Waals surface area contributed by atoms with Crippen molar-refractivity contribution in [3.8, 4) is 0 Å². The van der Waals surface area contributed by atoms with Crippen LogP contribution in [-0.2, 0) is 14.8 Å². The van der Waals surface area contributed by atoms with Crippen molar-refractivity contribution in [2.24, 2.45) is 5.41 Å². The van der Waals surface area contributed by atoms with Crippen molar-refractivity contribution in [1.82, 2.24) is 19.0 Å². The predicted octanol–water partition coefficient (Wildman–Crippen LogP) is 0.797. The van der Waals surface area contributed by atoms with Crippen molar-refractivity contribution in [3.05, 3.63) is 0 Å². The number of carbonyl (C=O) groups is 2. The second-order valence-corrected chi connectivity index (χ2v) is 10.5. The monoisotopic (exact) mass is 400 g/mol. The van der Waals surface area contributed by atoms with Crippen LogP contribution >= 0.6 is 0 Å². The van der Waals surface area contributed by atoms with E-state index in [-0.39, 0.29) is 17.5 Å². The minimum absolute atomic E-state index is 0.00109. The van der Waals surface area contributed by atoms with Crippen molar-refractivity contribution in [1.29, 1.82) is 0 Å².